The minimum atomic E-state index is 0.00666. The molecule has 2 saturated heterocycles. The second-order valence-corrected chi connectivity index (χ2v) is 5.93. The Kier molecular flexibility index (Phi) is 3.23. The number of imidazole rings is 1. The third-order valence-electron chi connectivity index (χ3n) is 4.67. The van der Waals surface area contributed by atoms with Crippen molar-refractivity contribution in [3.05, 3.63) is 18.2 Å². The van der Waals surface area contributed by atoms with Gasteiger partial charge in [-0.2, -0.15) is 0 Å². The van der Waals surface area contributed by atoms with Gasteiger partial charge in [-0.1, -0.05) is 0 Å². The van der Waals surface area contributed by atoms with Crippen LogP contribution in [0.3, 0.4) is 0 Å². The Morgan fingerprint density at radius 3 is 2.65 bits per heavy atom. The molecule has 2 fully saturated rings. The summed E-state index contributed by atoms with van der Waals surface area (Å²) in [5, 5.41) is 2.96. The van der Waals surface area contributed by atoms with Crippen molar-refractivity contribution in [1.29, 1.82) is 0 Å². The number of hydrogen-bond acceptors (Lipinski definition) is 3. The first-order chi connectivity index (χ1) is 9.60. The van der Waals surface area contributed by atoms with Crippen molar-refractivity contribution in [3.63, 3.8) is 0 Å². The van der Waals surface area contributed by atoms with Crippen LogP contribution in [0, 0.1) is 5.41 Å². The van der Waals surface area contributed by atoms with Gasteiger partial charge in [0.1, 0.15) is 0 Å². The van der Waals surface area contributed by atoms with E-state index in [1.807, 2.05) is 11.9 Å². The summed E-state index contributed by atoms with van der Waals surface area (Å²) in [4.78, 5) is 29.6. The molecule has 0 unspecified atom stereocenters. The van der Waals surface area contributed by atoms with E-state index in [-0.39, 0.29) is 17.2 Å². The van der Waals surface area contributed by atoms with E-state index in [2.05, 4.69) is 10.3 Å². The summed E-state index contributed by atoms with van der Waals surface area (Å²) in [6.07, 6.45) is 6.92. The second-order valence-electron chi connectivity index (χ2n) is 5.93. The normalized spacial score (nSPS) is 21.9. The van der Waals surface area contributed by atoms with E-state index >= 15 is 0 Å². The summed E-state index contributed by atoms with van der Waals surface area (Å²) in [6, 6.07) is 0. The van der Waals surface area contributed by atoms with Crippen molar-refractivity contribution in [2.45, 2.75) is 25.7 Å². The largest absolute Gasteiger partial charge is 0.356 e. The van der Waals surface area contributed by atoms with Crippen LogP contribution in [0.2, 0.25) is 0 Å². The van der Waals surface area contributed by atoms with Gasteiger partial charge in [0, 0.05) is 45.5 Å². The Morgan fingerprint density at radius 1 is 1.35 bits per heavy atom. The van der Waals surface area contributed by atoms with Gasteiger partial charge in [0.25, 0.3) is 5.91 Å². The maximum Gasteiger partial charge on any atom is 0.289 e. The highest BCUT2D eigenvalue weighted by molar-refractivity contribution is 5.90. The molecular weight excluding hydrogens is 256 g/mol. The van der Waals surface area contributed by atoms with E-state index in [1.165, 1.54) is 0 Å². The first-order valence-electron chi connectivity index (χ1n) is 7.13. The summed E-state index contributed by atoms with van der Waals surface area (Å²) in [5.74, 6) is 0.659. The molecule has 0 aromatic carbocycles. The number of aryl methyl sites for hydroxylation is 1. The third-order valence-corrected chi connectivity index (χ3v) is 4.67. The number of hydrogen-bond donors (Lipinski definition) is 1. The molecule has 0 saturated carbocycles. The average Bonchev–Trinajstić information content (AvgIpc) is 2.89. The number of aromatic nitrogens is 2. The van der Waals surface area contributed by atoms with Crippen LogP contribution >= 0.6 is 0 Å². The molecule has 3 heterocycles. The summed E-state index contributed by atoms with van der Waals surface area (Å²) in [7, 11) is 1.84. The molecule has 0 atom stereocenters. The molecule has 1 spiro atoms. The van der Waals surface area contributed by atoms with Crippen LogP contribution in [0.25, 0.3) is 0 Å². The lowest BCUT2D eigenvalue weighted by Crippen LogP contribution is -2.51. The van der Waals surface area contributed by atoms with Gasteiger partial charge in [-0.25, -0.2) is 4.98 Å². The van der Waals surface area contributed by atoms with E-state index in [9.17, 15) is 9.59 Å². The molecule has 3 rings (SSSR count). The van der Waals surface area contributed by atoms with Crippen LogP contribution in [-0.2, 0) is 11.8 Å². The summed E-state index contributed by atoms with van der Waals surface area (Å²) < 4.78 is 1.76. The summed E-state index contributed by atoms with van der Waals surface area (Å²) in [5.41, 5.74) is 0.201. The number of amides is 2. The zero-order valence-electron chi connectivity index (χ0n) is 11.8. The van der Waals surface area contributed by atoms with Crippen molar-refractivity contribution in [2.75, 3.05) is 19.6 Å². The number of rotatable bonds is 1. The Labute approximate surface area is 118 Å². The minimum absolute atomic E-state index is 0.00666. The smallest absolute Gasteiger partial charge is 0.289 e. The standard InChI is InChI=1S/C14H20N4O2/c1-17-9-6-15-12(17)13(20)18-7-4-14(5-8-18)3-2-11(19)16-10-14/h6,9H,2-5,7-8,10H2,1H3,(H,16,19). The summed E-state index contributed by atoms with van der Waals surface area (Å²) in [6.45, 7) is 2.26. The van der Waals surface area contributed by atoms with Gasteiger partial charge in [0.15, 0.2) is 5.82 Å². The SMILES string of the molecule is Cn1ccnc1C(=O)N1CCC2(CCC(=O)NC2)CC1. The Hall–Kier alpha value is -1.85. The molecule has 0 aliphatic carbocycles. The van der Waals surface area contributed by atoms with Crippen LogP contribution in [0.15, 0.2) is 12.4 Å². The van der Waals surface area contributed by atoms with Gasteiger partial charge in [0.05, 0.1) is 0 Å². The average molecular weight is 276 g/mol. The van der Waals surface area contributed by atoms with Crippen molar-refractivity contribution in [3.8, 4) is 0 Å². The monoisotopic (exact) mass is 276 g/mol. The summed E-state index contributed by atoms with van der Waals surface area (Å²) >= 11 is 0. The molecule has 20 heavy (non-hydrogen) atoms. The van der Waals surface area contributed by atoms with Crippen LogP contribution in [-0.4, -0.2) is 45.9 Å². The van der Waals surface area contributed by atoms with Gasteiger partial charge in [-0.15, -0.1) is 0 Å². The molecule has 1 N–H and O–H groups in total. The molecular formula is C14H20N4O2. The number of nitrogens with one attached hydrogen (secondary N) is 1. The number of likely N-dealkylation sites (tertiary alicyclic amines) is 1. The number of carbonyl (C=O) groups excluding carboxylic acids is 2. The van der Waals surface area contributed by atoms with Crippen LogP contribution in [0.1, 0.15) is 36.3 Å². The molecule has 0 bridgehead atoms. The Morgan fingerprint density at radius 2 is 2.10 bits per heavy atom. The third kappa shape index (κ3) is 2.30. The quantitative estimate of drug-likeness (QED) is 0.814. The zero-order chi connectivity index (χ0) is 14.2. The number of nitrogens with zero attached hydrogens (tertiary/aromatic N) is 3. The molecule has 0 radical (unpaired) electrons. The van der Waals surface area contributed by atoms with Crippen LogP contribution < -0.4 is 5.32 Å². The lowest BCUT2D eigenvalue weighted by Gasteiger charge is -2.43. The topological polar surface area (TPSA) is 67.2 Å². The number of carbonyl (C=O) groups is 2. The fourth-order valence-corrected chi connectivity index (χ4v) is 3.17. The van der Waals surface area contributed by atoms with Crippen molar-refractivity contribution in [1.82, 2.24) is 19.8 Å². The van der Waals surface area contributed by atoms with Crippen LogP contribution in [0.5, 0.6) is 0 Å². The Balaban J connectivity index is 1.63. The Bertz CT molecular complexity index is 517. The predicted octanol–water partition coefficient (Wildman–Crippen LogP) is 0.552. The fourth-order valence-electron chi connectivity index (χ4n) is 3.17. The van der Waals surface area contributed by atoms with E-state index in [4.69, 9.17) is 0 Å². The van der Waals surface area contributed by atoms with Gasteiger partial charge < -0.3 is 14.8 Å². The van der Waals surface area contributed by atoms with Crippen molar-refractivity contribution >= 4 is 11.8 Å². The van der Waals surface area contributed by atoms with Gasteiger partial charge >= 0.3 is 0 Å². The van der Waals surface area contributed by atoms with Gasteiger partial charge in [0.2, 0.25) is 5.91 Å². The molecule has 2 amide bonds. The highest BCUT2D eigenvalue weighted by atomic mass is 16.2. The van der Waals surface area contributed by atoms with Gasteiger partial charge in [-0.3, -0.25) is 9.59 Å². The maximum atomic E-state index is 12.4. The minimum Gasteiger partial charge on any atom is -0.356 e. The molecule has 6 nitrogen and oxygen atoms in total. The maximum absolute atomic E-state index is 12.4. The zero-order valence-corrected chi connectivity index (χ0v) is 11.8. The lowest BCUT2D eigenvalue weighted by molar-refractivity contribution is -0.125. The molecule has 1 aromatic heterocycles. The van der Waals surface area contributed by atoms with E-state index in [1.54, 1.807) is 17.0 Å². The van der Waals surface area contributed by atoms with Crippen LogP contribution in [0.4, 0.5) is 0 Å². The van der Waals surface area contributed by atoms with Crippen molar-refractivity contribution < 1.29 is 9.59 Å². The molecule has 108 valence electrons. The second kappa shape index (κ2) is 4.92. The molecule has 2 aliphatic rings. The first-order valence-corrected chi connectivity index (χ1v) is 7.13. The molecule has 6 heteroatoms. The molecule has 1 aromatic rings. The lowest BCUT2D eigenvalue weighted by atomic mass is 9.73. The van der Waals surface area contributed by atoms with Crippen molar-refractivity contribution in [2.24, 2.45) is 12.5 Å². The molecule has 2 aliphatic heterocycles. The first kappa shape index (κ1) is 13.1. The number of piperidine rings is 2. The van der Waals surface area contributed by atoms with E-state index < -0.39 is 0 Å². The highest BCUT2D eigenvalue weighted by Gasteiger charge is 2.39. The highest BCUT2D eigenvalue weighted by Crippen LogP contribution is 2.37. The van der Waals surface area contributed by atoms with E-state index in [0.29, 0.717) is 12.2 Å². The van der Waals surface area contributed by atoms with Gasteiger partial charge in [-0.05, 0) is 24.7 Å². The predicted molar refractivity (Wildman–Crippen MR) is 73.0 cm³/mol. The van der Waals surface area contributed by atoms with E-state index in [0.717, 1.165) is 38.9 Å². The fraction of sp³-hybridized carbons (Fsp3) is 0.643.